The van der Waals surface area contributed by atoms with Crippen molar-refractivity contribution in [3.63, 3.8) is 0 Å². The summed E-state index contributed by atoms with van der Waals surface area (Å²) >= 11 is 1.24. The van der Waals surface area contributed by atoms with E-state index in [0.717, 1.165) is 35.4 Å². The molecule has 1 aliphatic heterocycles. The zero-order valence-corrected chi connectivity index (χ0v) is 22.0. The lowest BCUT2D eigenvalue weighted by Crippen LogP contribution is -2.43. The number of hydrogen-bond donors (Lipinski definition) is 2. The molecule has 1 aliphatic carbocycles. The second kappa shape index (κ2) is 11.2. The van der Waals surface area contributed by atoms with E-state index < -0.39 is 23.4 Å². The first-order chi connectivity index (χ1) is 17.9. The van der Waals surface area contributed by atoms with Gasteiger partial charge in [0.1, 0.15) is 17.3 Å². The molecule has 0 bridgehead atoms. The zero-order valence-electron chi connectivity index (χ0n) is 21.2. The van der Waals surface area contributed by atoms with E-state index in [2.05, 4.69) is 20.6 Å². The molecular weight excluding hydrogens is 496 g/mol. The molecule has 1 fully saturated rings. The van der Waals surface area contributed by atoms with Gasteiger partial charge in [0.05, 0.1) is 12.2 Å². The predicted molar refractivity (Wildman–Crippen MR) is 141 cm³/mol. The van der Waals surface area contributed by atoms with Crippen LogP contribution in [0.5, 0.6) is 0 Å². The van der Waals surface area contributed by atoms with E-state index in [1.165, 1.54) is 17.8 Å². The van der Waals surface area contributed by atoms with E-state index in [-0.39, 0.29) is 18.3 Å². The van der Waals surface area contributed by atoms with Crippen LogP contribution >= 0.6 is 11.8 Å². The van der Waals surface area contributed by atoms with Crippen LogP contribution in [-0.2, 0) is 6.54 Å². The van der Waals surface area contributed by atoms with E-state index in [4.69, 9.17) is 0 Å². The maximum absolute atomic E-state index is 14.7. The number of rotatable bonds is 6. The molecule has 0 unspecified atom stereocenters. The van der Waals surface area contributed by atoms with E-state index >= 15 is 0 Å². The van der Waals surface area contributed by atoms with Crippen LogP contribution in [0.1, 0.15) is 48.2 Å². The van der Waals surface area contributed by atoms with Crippen molar-refractivity contribution in [2.75, 3.05) is 17.7 Å². The van der Waals surface area contributed by atoms with Crippen molar-refractivity contribution >= 4 is 35.2 Å². The normalized spacial score (nSPS) is 14.3. The van der Waals surface area contributed by atoms with Gasteiger partial charge in [-0.1, -0.05) is 37.7 Å². The molecule has 2 heterocycles. The minimum absolute atomic E-state index is 0.0717. The molecule has 0 atom stereocenters. The van der Waals surface area contributed by atoms with Crippen LogP contribution in [0, 0.1) is 24.5 Å². The van der Waals surface area contributed by atoms with Crippen molar-refractivity contribution in [1.82, 2.24) is 20.6 Å². The van der Waals surface area contributed by atoms with Gasteiger partial charge in [-0.2, -0.15) is 0 Å². The molecule has 10 heteroatoms. The third-order valence-corrected chi connectivity index (χ3v) is 6.69. The largest absolute Gasteiger partial charge is 0.352 e. The minimum Gasteiger partial charge on any atom is -0.352 e. The third-order valence-electron chi connectivity index (χ3n) is 6.14. The summed E-state index contributed by atoms with van der Waals surface area (Å²) in [6.07, 6.45) is 4.04. The van der Waals surface area contributed by atoms with Crippen molar-refractivity contribution in [2.45, 2.75) is 45.3 Å². The number of fused-ring (bicyclic) bond motifs is 1. The summed E-state index contributed by atoms with van der Waals surface area (Å²) in [7, 11) is 0. The van der Waals surface area contributed by atoms with Gasteiger partial charge in [0, 0.05) is 23.2 Å². The van der Waals surface area contributed by atoms with E-state index in [0.29, 0.717) is 40.0 Å². The summed E-state index contributed by atoms with van der Waals surface area (Å²) in [5.41, 5.74) is 2.52. The fourth-order valence-corrected chi connectivity index (χ4v) is 4.40. The summed E-state index contributed by atoms with van der Waals surface area (Å²) in [6, 6.07) is 8.07. The molecule has 37 heavy (non-hydrogen) atoms. The van der Waals surface area contributed by atoms with Crippen molar-refractivity contribution in [3.8, 4) is 11.3 Å². The van der Waals surface area contributed by atoms with Gasteiger partial charge in [0.15, 0.2) is 11.0 Å². The minimum atomic E-state index is -0.885. The number of carbonyl (C=O) groups excluding carboxylic acids is 2. The van der Waals surface area contributed by atoms with E-state index in [9.17, 15) is 18.4 Å². The number of hydrogen-bond acceptors (Lipinski definition) is 5. The first-order valence-electron chi connectivity index (χ1n) is 12.2. The van der Waals surface area contributed by atoms with Crippen LogP contribution < -0.4 is 15.5 Å². The number of nitrogens with one attached hydrogen (secondary N) is 2. The Morgan fingerprint density at radius 2 is 1.86 bits per heavy atom. The Kier molecular flexibility index (Phi) is 8.06. The Morgan fingerprint density at radius 3 is 2.51 bits per heavy atom. The number of urea groups is 1. The van der Waals surface area contributed by atoms with Gasteiger partial charge in [0.25, 0.3) is 5.91 Å². The highest BCUT2D eigenvalue weighted by Gasteiger charge is 2.34. The molecule has 1 aromatic heterocycles. The lowest BCUT2D eigenvalue weighted by molar-refractivity contribution is 0.0952. The predicted octanol–water partition coefficient (Wildman–Crippen LogP) is 5.98. The maximum Gasteiger partial charge on any atom is 0.328 e. The van der Waals surface area contributed by atoms with Crippen LogP contribution in [0.15, 0.2) is 41.6 Å². The monoisotopic (exact) mass is 525 g/mol. The molecule has 1 saturated carbocycles. The van der Waals surface area contributed by atoms with Gasteiger partial charge in [-0.15, -0.1) is 0 Å². The Morgan fingerprint density at radius 1 is 1.16 bits per heavy atom. The molecule has 0 radical (unpaired) electrons. The Bertz CT molecular complexity index is 1330. The number of thioether (sulfide) groups is 1. The third kappa shape index (κ3) is 5.44. The highest BCUT2D eigenvalue weighted by atomic mass is 32.2. The topological polar surface area (TPSA) is 87.2 Å². The fourth-order valence-electron chi connectivity index (χ4n) is 4.04. The summed E-state index contributed by atoms with van der Waals surface area (Å²) in [5, 5.41) is 5.97. The lowest BCUT2D eigenvalue weighted by atomic mass is 9.97. The second-order valence-corrected chi connectivity index (χ2v) is 9.38. The molecule has 3 aromatic rings. The zero-order chi connectivity index (χ0) is 26.7. The maximum atomic E-state index is 14.7. The number of halogens is 2. The van der Waals surface area contributed by atoms with Gasteiger partial charge in [-0.25, -0.2) is 28.4 Å². The molecule has 194 valence electrons. The van der Waals surface area contributed by atoms with Gasteiger partial charge in [-0.3, -0.25) is 4.79 Å². The first kappa shape index (κ1) is 26.5. The number of anilines is 2. The number of benzene rings is 2. The van der Waals surface area contributed by atoms with Crippen molar-refractivity contribution in [1.29, 1.82) is 0 Å². The Labute approximate surface area is 219 Å². The molecule has 3 amide bonds. The van der Waals surface area contributed by atoms with Crippen molar-refractivity contribution in [3.05, 3.63) is 64.7 Å². The van der Waals surface area contributed by atoms with Crippen LogP contribution in [0.3, 0.4) is 0 Å². The lowest BCUT2D eigenvalue weighted by Gasteiger charge is -2.30. The standard InChI is InChI=1S/C25H23F2N5O2S.C2H6/c1-13-6-9-15(23(33)28-11-14-7-8-14)10-16(13)20-17-12-29-25(34)32(22(17)31-24(30-20)35-2)21-18(26)4-3-5-19(21)27;1-2/h3-6,9-10,14H,7-8,11-12H2,1-2H3,(H,28,33)(H,29,34);1-2H3. The smallest absolute Gasteiger partial charge is 0.328 e. The molecule has 0 spiro atoms. The Hall–Kier alpha value is -3.53. The summed E-state index contributed by atoms with van der Waals surface area (Å²) in [4.78, 5) is 35.6. The second-order valence-electron chi connectivity index (χ2n) is 8.61. The van der Waals surface area contributed by atoms with Crippen molar-refractivity contribution in [2.24, 2.45) is 5.92 Å². The molecule has 2 N–H and O–H groups in total. The van der Waals surface area contributed by atoms with Crippen LogP contribution in [-0.4, -0.2) is 34.7 Å². The van der Waals surface area contributed by atoms with Crippen LogP contribution in [0.25, 0.3) is 11.3 Å². The fraction of sp³-hybridized carbons (Fsp3) is 0.333. The number of carbonyl (C=O) groups is 2. The highest BCUT2D eigenvalue weighted by molar-refractivity contribution is 7.98. The van der Waals surface area contributed by atoms with Crippen LogP contribution in [0.4, 0.5) is 25.1 Å². The highest BCUT2D eigenvalue weighted by Crippen LogP contribution is 2.39. The summed E-state index contributed by atoms with van der Waals surface area (Å²) < 4.78 is 29.4. The molecule has 2 aliphatic rings. The number of aryl methyl sites for hydroxylation is 1. The van der Waals surface area contributed by atoms with Gasteiger partial charge < -0.3 is 10.6 Å². The Balaban J connectivity index is 0.00000156. The molecule has 0 saturated heterocycles. The SMILES string of the molecule is CC.CSc1nc(-c2cc(C(=O)NCC3CC3)ccc2C)c2c(n1)N(c1c(F)cccc1F)C(=O)NC2. The van der Waals surface area contributed by atoms with Crippen LogP contribution in [0.2, 0.25) is 0 Å². The summed E-state index contributed by atoms with van der Waals surface area (Å²) in [5.74, 6) is -1.28. The molecular formula is C27H29F2N5O2S. The number of aromatic nitrogens is 2. The van der Waals surface area contributed by atoms with Gasteiger partial charge >= 0.3 is 6.03 Å². The van der Waals surface area contributed by atoms with E-state index in [1.54, 1.807) is 18.4 Å². The average molecular weight is 526 g/mol. The average Bonchev–Trinajstić information content (AvgIpc) is 3.74. The molecule has 5 rings (SSSR count). The first-order valence-corrected chi connectivity index (χ1v) is 13.5. The molecule has 2 aromatic carbocycles. The summed E-state index contributed by atoms with van der Waals surface area (Å²) in [6.45, 7) is 6.61. The van der Waals surface area contributed by atoms with E-state index in [1.807, 2.05) is 26.8 Å². The van der Waals surface area contributed by atoms with Gasteiger partial charge in [-0.05, 0) is 61.8 Å². The number of para-hydroxylation sites is 1. The van der Waals surface area contributed by atoms with Crippen molar-refractivity contribution < 1.29 is 18.4 Å². The number of nitrogens with zero attached hydrogens (tertiary/aromatic N) is 3. The molecule has 7 nitrogen and oxygen atoms in total. The van der Waals surface area contributed by atoms with Gasteiger partial charge in [0.2, 0.25) is 0 Å². The quantitative estimate of drug-likeness (QED) is 0.305. The number of amides is 3.